The molecule has 0 saturated carbocycles. The highest BCUT2D eigenvalue weighted by Crippen LogP contribution is 2.38. The highest BCUT2D eigenvalue weighted by Gasteiger charge is 2.09. The zero-order chi connectivity index (χ0) is 14.7. The average Bonchev–Trinajstić information content (AvgIpc) is 2.55. The van der Waals surface area contributed by atoms with E-state index in [2.05, 4.69) is 42.5 Å². The summed E-state index contributed by atoms with van der Waals surface area (Å²) < 4.78 is 5.43. The van der Waals surface area contributed by atoms with Crippen LogP contribution in [0.25, 0.3) is 10.8 Å². The maximum absolute atomic E-state index is 5.84. The van der Waals surface area contributed by atoms with E-state index in [0.29, 0.717) is 6.54 Å². The number of rotatable bonds is 4. The average molecular weight is 295 g/mol. The van der Waals surface area contributed by atoms with Gasteiger partial charge in [-0.25, -0.2) is 0 Å². The minimum absolute atomic E-state index is 0.556. The third-order valence-electron chi connectivity index (χ3n) is 3.48. The lowest BCUT2D eigenvalue weighted by Crippen LogP contribution is -1.97. The molecule has 3 rings (SSSR count). The first-order valence-corrected chi connectivity index (χ1v) is 7.66. The van der Waals surface area contributed by atoms with Crippen molar-refractivity contribution < 1.29 is 4.74 Å². The van der Waals surface area contributed by atoms with E-state index in [0.717, 1.165) is 10.6 Å². The summed E-state index contributed by atoms with van der Waals surface area (Å²) in [6.07, 6.45) is 0. The van der Waals surface area contributed by atoms with Gasteiger partial charge in [-0.15, -0.1) is 0 Å². The summed E-state index contributed by atoms with van der Waals surface area (Å²) in [5.74, 6) is 0.898. The molecule has 2 N–H and O–H groups in total. The van der Waals surface area contributed by atoms with Crippen LogP contribution in [0.1, 0.15) is 5.56 Å². The van der Waals surface area contributed by atoms with Crippen LogP contribution in [0.5, 0.6) is 5.75 Å². The van der Waals surface area contributed by atoms with Crippen molar-refractivity contribution in [2.75, 3.05) is 7.11 Å². The fourth-order valence-corrected chi connectivity index (χ4v) is 3.48. The molecule has 0 heterocycles. The van der Waals surface area contributed by atoms with Gasteiger partial charge in [-0.05, 0) is 34.5 Å². The number of ether oxygens (including phenoxy) is 1. The standard InChI is InChI=1S/C18H17NOS/c1-20-16-8-4-5-9-18(16)21-17-11-10-13(12-19)14-6-2-3-7-15(14)17/h2-11H,12,19H2,1H3. The SMILES string of the molecule is COc1ccccc1Sc1ccc(CN)c2ccccc12. The van der Waals surface area contributed by atoms with Crippen molar-refractivity contribution in [1.82, 2.24) is 0 Å². The second kappa shape index (κ2) is 6.20. The van der Waals surface area contributed by atoms with Crippen LogP contribution in [0.15, 0.2) is 70.5 Å². The molecule has 2 nitrogen and oxygen atoms in total. The Balaban J connectivity index is 2.09. The van der Waals surface area contributed by atoms with Crippen LogP contribution in [0.4, 0.5) is 0 Å². The third kappa shape index (κ3) is 2.75. The molecule has 0 aromatic heterocycles. The molecular formula is C18H17NOS. The van der Waals surface area contributed by atoms with Crippen molar-refractivity contribution in [2.45, 2.75) is 16.3 Å². The molecule has 0 radical (unpaired) electrons. The second-order valence-corrected chi connectivity index (χ2v) is 5.81. The van der Waals surface area contributed by atoms with E-state index in [9.17, 15) is 0 Å². The van der Waals surface area contributed by atoms with Crippen LogP contribution in [0, 0.1) is 0 Å². The number of nitrogens with two attached hydrogens (primary N) is 1. The summed E-state index contributed by atoms with van der Waals surface area (Å²) in [4.78, 5) is 2.33. The zero-order valence-corrected chi connectivity index (χ0v) is 12.7. The van der Waals surface area contributed by atoms with Gasteiger partial charge in [0.2, 0.25) is 0 Å². The van der Waals surface area contributed by atoms with Gasteiger partial charge in [-0.1, -0.05) is 54.2 Å². The Morgan fingerprint density at radius 3 is 2.33 bits per heavy atom. The molecule has 106 valence electrons. The normalized spacial score (nSPS) is 10.8. The Hall–Kier alpha value is -1.97. The van der Waals surface area contributed by atoms with Gasteiger partial charge in [-0.3, -0.25) is 0 Å². The molecule has 3 heteroatoms. The van der Waals surface area contributed by atoms with E-state index < -0.39 is 0 Å². The number of benzene rings is 3. The largest absolute Gasteiger partial charge is 0.496 e. The third-order valence-corrected chi connectivity index (χ3v) is 4.62. The van der Waals surface area contributed by atoms with E-state index >= 15 is 0 Å². The molecule has 3 aromatic carbocycles. The molecule has 0 fully saturated rings. The number of fused-ring (bicyclic) bond motifs is 1. The molecule has 3 aromatic rings. The zero-order valence-electron chi connectivity index (χ0n) is 11.9. The van der Waals surface area contributed by atoms with Crippen LogP contribution in [-0.4, -0.2) is 7.11 Å². The number of hydrogen-bond donors (Lipinski definition) is 1. The maximum atomic E-state index is 5.84. The number of para-hydroxylation sites is 1. The van der Waals surface area contributed by atoms with Crippen molar-refractivity contribution in [3.63, 3.8) is 0 Å². The first-order chi connectivity index (χ1) is 10.3. The van der Waals surface area contributed by atoms with Gasteiger partial charge in [0.25, 0.3) is 0 Å². The summed E-state index contributed by atoms with van der Waals surface area (Å²) in [5, 5.41) is 2.45. The van der Waals surface area contributed by atoms with Gasteiger partial charge in [-0.2, -0.15) is 0 Å². The Bertz CT molecular complexity index is 770. The van der Waals surface area contributed by atoms with Crippen LogP contribution in [0.3, 0.4) is 0 Å². The van der Waals surface area contributed by atoms with Gasteiger partial charge >= 0.3 is 0 Å². The molecule has 0 bridgehead atoms. The first-order valence-electron chi connectivity index (χ1n) is 6.85. The molecule has 0 aliphatic carbocycles. The number of methoxy groups -OCH3 is 1. The van der Waals surface area contributed by atoms with E-state index in [1.807, 2.05) is 18.2 Å². The van der Waals surface area contributed by atoms with Gasteiger partial charge in [0.15, 0.2) is 0 Å². The first kappa shape index (κ1) is 14.0. The fourth-order valence-electron chi connectivity index (χ4n) is 2.42. The van der Waals surface area contributed by atoms with Crippen molar-refractivity contribution in [2.24, 2.45) is 5.73 Å². The lowest BCUT2D eigenvalue weighted by Gasteiger charge is -2.12. The molecule has 0 spiro atoms. The Morgan fingerprint density at radius 1 is 0.857 bits per heavy atom. The molecule has 0 saturated heterocycles. The van der Waals surface area contributed by atoms with Crippen molar-refractivity contribution in [1.29, 1.82) is 0 Å². The van der Waals surface area contributed by atoms with Crippen LogP contribution < -0.4 is 10.5 Å². The van der Waals surface area contributed by atoms with Crippen molar-refractivity contribution in [3.05, 3.63) is 66.2 Å². The highest BCUT2D eigenvalue weighted by molar-refractivity contribution is 7.99. The fraction of sp³-hybridized carbons (Fsp3) is 0.111. The Kier molecular flexibility index (Phi) is 4.13. The molecule has 0 amide bonds. The predicted octanol–water partition coefficient (Wildman–Crippen LogP) is 4.46. The summed E-state index contributed by atoms with van der Waals surface area (Å²) in [6, 6.07) is 20.7. The molecule has 0 aliphatic rings. The summed E-state index contributed by atoms with van der Waals surface area (Å²) in [5.41, 5.74) is 7.01. The molecule has 21 heavy (non-hydrogen) atoms. The summed E-state index contributed by atoms with van der Waals surface area (Å²) in [6.45, 7) is 0.556. The second-order valence-electron chi connectivity index (χ2n) is 4.73. The Labute approximate surface area is 128 Å². The lowest BCUT2D eigenvalue weighted by atomic mass is 10.0. The lowest BCUT2D eigenvalue weighted by molar-refractivity contribution is 0.405. The van der Waals surface area contributed by atoms with Crippen LogP contribution in [-0.2, 0) is 6.54 Å². The molecule has 0 aliphatic heterocycles. The van der Waals surface area contributed by atoms with E-state index in [4.69, 9.17) is 10.5 Å². The van der Waals surface area contributed by atoms with Crippen LogP contribution >= 0.6 is 11.8 Å². The Morgan fingerprint density at radius 2 is 1.57 bits per heavy atom. The van der Waals surface area contributed by atoms with E-state index in [1.54, 1.807) is 18.9 Å². The van der Waals surface area contributed by atoms with Gasteiger partial charge in [0.1, 0.15) is 5.75 Å². The van der Waals surface area contributed by atoms with Crippen LogP contribution in [0.2, 0.25) is 0 Å². The van der Waals surface area contributed by atoms with Crippen molar-refractivity contribution >= 4 is 22.5 Å². The van der Waals surface area contributed by atoms with E-state index in [1.165, 1.54) is 21.2 Å². The smallest absolute Gasteiger partial charge is 0.132 e. The number of hydrogen-bond acceptors (Lipinski definition) is 3. The molecule has 0 unspecified atom stereocenters. The van der Waals surface area contributed by atoms with Gasteiger partial charge in [0.05, 0.1) is 12.0 Å². The minimum Gasteiger partial charge on any atom is -0.496 e. The molecule has 0 atom stereocenters. The van der Waals surface area contributed by atoms with E-state index in [-0.39, 0.29) is 0 Å². The highest BCUT2D eigenvalue weighted by atomic mass is 32.2. The summed E-state index contributed by atoms with van der Waals surface area (Å²) >= 11 is 1.72. The molecular weight excluding hydrogens is 278 g/mol. The monoisotopic (exact) mass is 295 g/mol. The maximum Gasteiger partial charge on any atom is 0.132 e. The van der Waals surface area contributed by atoms with Gasteiger partial charge in [0, 0.05) is 11.4 Å². The predicted molar refractivity (Wildman–Crippen MR) is 89.0 cm³/mol. The van der Waals surface area contributed by atoms with Crippen molar-refractivity contribution in [3.8, 4) is 5.75 Å². The minimum atomic E-state index is 0.556. The van der Waals surface area contributed by atoms with Gasteiger partial charge < -0.3 is 10.5 Å². The summed E-state index contributed by atoms with van der Waals surface area (Å²) in [7, 11) is 1.70. The topological polar surface area (TPSA) is 35.2 Å². The quantitative estimate of drug-likeness (QED) is 0.772.